The first-order chi connectivity index (χ1) is 8.61. The Bertz CT molecular complexity index is 419. The largest absolute Gasteiger partial charge is 0.480 e. The molecular weight excluding hydrogens is 248 g/mol. The zero-order valence-corrected chi connectivity index (χ0v) is 11.7. The van der Waals surface area contributed by atoms with E-state index in [1.807, 2.05) is 11.8 Å². The van der Waals surface area contributed by atoms with Gasteiger partial charge in [-0.15, -0.1) is 11.3 Å². The number of aromatic nitrogens is 1. The molecule has 2 atom stereocenters. The van der Waals surface area contributed by atoms with Gasteiger partial charge in [-0.2, -0.15) is 0 Å². The highest BCUT2D eigenvalue weighted by molar-refractivity contribution is 7.09. The van der Waals surface area contributed by atoms with Crippen molar-refractivity contribution in [3.63, 3.8) is 0 Å². The van der Waals surface area contributed by atoms with Crippen molar-refractivity contribution in [3.05, 3.63) is 16.1 Å². The number of rotatable bonds is 5. The van der Waals surface area contributed by atoms with Gasteiger partial charge in [-0.25, -0.2) is 4.98 Å². The monoisotopic (exact) mass is 268 g/mol. The summed E-state index contributed by atoms with van der Waals surface area (Å²) in [5.74, 6) is -0.472. The standard InChI is InChI=1S/C13H20N2O2S/c1-3-4-11-14-10(8-18-11)7-15-6-5-9(2)12(15)13(16)17/h8-9,12H,3-7H2,1-2H3,(H,16,17). The van der Waals surface area contributed by atoms with Crippen molar-refractivity contribution in [2.45, 2.75) is 45.7 Å². The second-order valence-electron chi connectivity index (χ2n) is 5.00. The first-order valence-electron chi connectivity index (χ1n) is 6.52. The molecule has 2 heterocycles. The quantitative estimate of drug-likeness (QED) is 0.891. The van der Waals surface area contributed by atoms with Crippen LogP contribution in [0.2, 0.25) is 0 Å². The lowest BCUT2D eigenvalue weighted by molar-refractivity contribution is -0.143. The normalized spacial score (nSPS) is 24.6. The maximum Gasteiger partial charge on any atom is 0.321 e. The topological polar surface area (TPSA) is 53.4 Å². The van der Waals surface area contributed by atoms with Gasteiger partial charge in [0.15, 0.2) is 0 Å². The summed E-state index contributed by atoms with van der Waals surface area (Å²) in [5.41, 5.74) is 1.02. The highest BCUT2D eigenvalue weighted by atomic mass is 32.1. The molecule has 4 nitrogen and oxygen atoms in total. The molecule has 0 radical (unpaired) electrons. The van der Waals surface area contributed by atoms with Crippen LogP contribution in [0.1, 0.15) is 37.4 Å². The number of likely N-dealkylation sites (tertiary alicyclic amines) is 1. The predicted molar refractivity (Wildman–Crippen MR) is 71.7 cm³/mol. The van der Waals surface area contributed by atoms with E-state index >= 15 is 0 Å². The van der Waals surface area contributed by atoms with Gasteiger partial charge in [0.25, 0.3) is 0 Å². The van der Waals surface area contributed by atoms with E-state index in [9.17, 15) is 9.90 Å². The van der Waals surface area contributed by atoms with Crippen molar-refractivity contribution in [1.29, 1.82) is 0 Å². The molecule has 18 heavy (non-hydrogen) atoms. The van der Waals surface area contributed by atoms with Gasteiger partial charge in [0.1, 0.15) is 6.04 Å². The van der Waals surface area contributed by atoms with Crippen LogP contribution in [0.3, 0.4) is 0 Å². The highest BCUT2D eigenvalue weighted by Crippen LogP contribution is 2.26. The number of carbonyl (C=O) groups is 1. The molecule has 0 spiro atoms. The fraction of sp³-hybridized carbons (Fsp3) is 0.692. The maximum absolute atomic E-state index is 11.3. The second-order valence-corrected chi connectivity index (χ2v) is 5.94. The van der Waals surface area contributed by atoms with Gasteiger partial charge in [0, 0.05) is 11.9 Å². The Balaban J connectivity index is 2.01. The number of aliphatic carboxylic acids is 1. The highest BCUT2D eigenvalue weighted by Gasteiger charge is 2.36. The van der Waals surface area contributed by atoms with E-state index in [0.29, 0.717) is 6.54 Å². The number of carboxylic acid groups (broad SMARTS) is 1. The van der Waals surface area contributed by atoms with E-state index in [4.69, 9.17) is 0 Å². The minimum atomic E-state index is -0.705. The predicted octanol–water partition coefficient (Wildman–Crippen LogP) is 2.39. The number of nitrogens with zero attached hydrogens (tertiary/aromatic N) is 2. The van der Waals surface area contributed by atoms with Crippen LogP contribution in [0.4, 0.5) is 0 Å². The Labute approximate surface area is 112 Å². The van der Waals surface area contributed by atoms with Crippen LogP contribution < -0.4 is 0 Å². The summed E-state index contributed by atoms with van der Waals surface area (Å²) in [6.07, 6.45) is 3.08. The van der Waals surface area contributed by atoms with Crippen LogP contribution in [0.25, 0.3) is 0 Å². The molecule has 5 heteroatoms. The van der Waals surface area contributed by atoms with Crippen molar-refractivity contribution in [3.8, 4) is 0 Å². The maximum atomic E-state index is 11.3. The lowest BCUT2D eigenvalue weighted by Crippen LogP contribution is -2.38. The Morgan fingerprint density at radius 1 is 1.67 bits per heavy atom. The molecular formula is C13H20N2O2S. The SMILES string of the molecule is CCCc1nc(CN2CCC(C)C2C(=O)O)cs1. The van der Waals surface area contributed by atoms with Crippen LogP contribution >= 0.6 is 11.3 Å². The Hall–Kier alpha value is -0.940. The smallest absolute Gasteiger partial charge is 0.321 e. The second kappa shape index (κ2) is 5.80. The third-order valence-electron chi connectivity index (χ3n) is 3.49. The number of hydrogen-bond acceptors (Lipinski definition) is 4. The molecule has 0 saturated carbocycles. The van der Waals surface area contributed by atoms with E-state index in [-0.39, 0.29) is 12.0 Å². The Morgan fingerprint density at radius 2 is 2.44 bits per heavy atom. The van der Waals surface area contributed by atoms with Crippen LogP contribution in [0.15, 0.2) is 5.38 Å². The Morgan fingerprint density at radius 3 is 3.11 bits per heavy atom. The third kappa shape index (κ3) is 2.90. The number of hydrogen-bond donors (Lipinski definition) is 1. The van der Waals surface area contributed by atoms with Crippen LogP contribution in [-0.2, 0) is 17.8 Å². The van der Waals surface area contributed by atoms with E-state index in [0.717, 1.165) is 36.5 Å². The van der Waals surface area contributed by atoms with Crippen molar-refractivity contribution in [2.24, 2.45) is 5.92 Å². The number of aryl methyl sites for hydroxylation is 1. The van der Waals surface area contributed by atoms with Gasteiger partial charge in [0.05, 0.1) is 10.7 Å². The first kappa shape index (κ1) is 13.5. The van der Waals surface area contributed by atoms with Gasteiger partial charge >= 0.3 is 5.97 Å². The lowest BCUT2D eigenvalue weighted by Gasteiger charge is -2.21. The van der Waals surface area contributed by atoms with Gasteiger partial charge in [-0.05, 0) is 31.7 Å². The zero-order chi connectivity index (χ0) is 13.1. The summed E-state index contributed by atoms with van der Waals surface area (Å²) in [7, 11) is 0. The summed E-state index contributed by atoms with van der Waals surface area (Å²) in [6, 6.07) is -0.346. The van der Waals surface area contributed by atoms with Crippen LogP contribution in [0.5, 0.6) is 0 Å². The molecule has 1 aromatic heterocycles. The average Bonchev–Trinajstić information content (AvgIpc) is 2.87. The zero-order valence-electron chi connectivity index (χ0n) is 10.9. The molecule has 0 bridgehead atoms. The van der Waals surface area contributed by atoms with E-state index in [1.165, 1.54) is 0 Å². The molecule has 1 aromatic rings. The van der Waals surface area contributed by atoms with E-state index in [1.54, 1.807) is 11.3 Å². The molecule has 2 unspecified atom stereocenters. The molecule has 0 aromatic carbocycles. The molecule has 1 aliphatic rings. The molecule has 1 saturated heterocycles. The fourth-order valence-electron chi connectivity index (χ4n) is 2.56. The lowest BCUT2D eigenvalue weighted by atomic mass is 10.0. The summed E-state index contributed by atoms with van der Waals surface area (Å²) in [6.45, 7) is 5.69. The Kier molecular flexibility index (Phi) is 4.35. The minimum absolute atomic E-state index is 0.233. The molecule has 1 N–H and O–H groups in total. The van der Waals surface area contributed by atoms with Crippen molar-refractivity contribution < 1.29 is 9.90 Å². The molecule has 0 amide bonds. The number of thiazole rings is 1. The minimum Gasteiger partial charge on any atom is -0.480 e. The molecule has 1 fully saturated rings. The van der Waals surface area contributed by atoms with E-state index < -0.39 is 5.97 Å². The summed E-state index contributed by atoms with van der Waals surface area (Å²) < 4.78 is 0. The molecule has 0 aliphatic carbocycles. The summed E-state index contributed by atoms with van der Waals surface area (Å²) >= 11 is 1.68. The van der Waals surface area contributed by atoms with Gasteiger partial charge < -0.3 is 5.11 Å². The van der Waals surface area contributed by atoms with Crippen LogP contribution in [-0.4, -0.2) is 33.5 Å². The van der Waals surface area contributed by atoms with Gasteiger partial charge in [-0.3, -0.25) is 9.69 Å². The third-order valence-corrected chi connectivity index (χ3v) is 4.44. The van der Waals surface area contributed by atoms with Crippen molar-refractivity contribution >= 4 is 17.3 Å². The van der Waals surface area contributed by atoms with Gasteiger partial charge in [-0.1, -0.05) is 13.8 Å². The first-order valence-corrected chi connectivity index (χ1v) is 7.40. The summed E-state index contributed by atoms with van der Waals surface area (Å²) in [4.78, 5) is 17.9. The molecule has 1 aliphatic heterocycles. The number of carboxylic acids is 1. The molecule has 100 valence electrons. The average molecular weight is 268 g/mol. The van der Waals surface area contributed by atoms with Crippen LogP contribution in [0, 0.1) is 5.92 Å². The fourth-order valence-corrected chi connectivity index (χ4v) is 3.45. The van der Waals surface area contributed by atoms with Crippen molar-refractivity contribution in [1.82, 2.24) is 9.88 Å². The summed E-state index contributed by atoms with van der Waals surface area (Å²) in [5, 5.41) is 12.5. The van der Waals surface area contributed by atoms with E-state index in [2.05, 4.69) is 17.3 Å². The molecule has 2 rings (SSSR count). The van der Waals surface area contributed by atoms with Gasteiger partial charge in [0.2, 0.25) is 0 Å². The van der Waals surface area contributed by atoms with Crippen molar-refractivity contribution in [2.75, 3.05) is 6.54 Å².